The summed E-state index contributed by atoms with van der Waals surface area (Å²) in [4.78, 5) is 9.73. The normalized spacial score (nSPS) is 10.5. The van der Waals surface area contributed by atoms with E-state index in [1.165, 1.54) is 0 Å². The van der Waals surface area contributed by atoms with Crippen LogP contribution >= 0.6 is 11.5 Å². The van der Waals surface area contributed by atoms with Crippen LogP contribution in [0.2, 0.25) is 0 Å². The van der Waals surface area contributed by atoms with Crippen LogP contribution in [0.3, 0.4) is 0 Å². The molecule has 0 atom stereocenters. The molecule has 0 saturated carbocycles. The zero-order valence-corrected chi connectivity index (χ0v) is 5.94. The zero-order valence-electron chi connectivity index (χ0n) is 5.12. The van der Waals surface area contributed by atoms with Gasteiger partial charge in [0, 0.05) is 0 Å². The molecule has 1 heterocycles. The molecule has 0 bridgehead atoms. The summed E-state index contributed by atoms with van der Waals surface area (Å²) in [5.41, 5.74) is -0.412. The molecular weight excluding hydrogens is 176 g/mol. The molecule has 1 aromatic heterocycles. The van der Waals surface area contributed by atoms with Gasteiger partial charge in [-0.15, -0.1) is 0 Å². The number of carboxylic acids is 1. The van der Waals surface area contributed by atoms with E-state index in [0.717, 1.165) is 6.20 Å². The molecule has 0 amide bonds. The Balaban J connectivity index is 3.06. The Kier molecular flexibility index (Phi) is 2.13. The van der Waals surface area contributed by atoms with Crippen LogP contribution in [0.25, 0.3) is 0 Å². The average molecular weight is 179 g/mol. The maximum atomic E-state index is 11.9. The first-order valence-electron chi connectivity index (χ1n) is 2.59. The van der Waals surface area contributed by atoms with E-state index in [4.69, 9.17) is 5.11 Å². The molecule has 0 spiro atoms. The number of hydrogen-bond donors (Lipinski definition) is 1. The van der Waals surface area contributed by atoms with Gasteiger partial charge in [-0.3, -0.25) is 0 Å². The number of carboxylic acid groups (broad SMARTS) is 1. The molecule has 3 nitrogen and oxygen atoms in total. The third-order valence-corrected chi connectivity index (χ3v) is 1.83. The van der Waals surface area contributed by atoms with Gasteiger partial charge in [0.15, 0.2) is 0 Å². The first-order chi connectivity index (χ1) is 5.13. The summed E-state index contributed by atoms with van der Waals surface area (Å²) in [6.45, 7) is 0. The van der Waals surface area contributed by atoms with Crippen LogP contribution in [0.5, 0.6) is 0 Å². The van der Waals surface area contributed by atoms with E-state index >= 15 is 0 Å². The lowest BCUT2D eigenvalue weighted by molar-refractivity contribution is 0.0686. The summed E-state index contributed by atoms with van der Waals surface area (Å²) in [5.74, 6) is -1.37. The standard InChI is InChI=1S/C5H3F2NO2S/c6-4(7)3-2(5(9)10)1-8-11-3/h1,4H,(H,9,10). The van der Waals surface area contributed by atoms with Crippen molar-refractivity contribution in [3.63, 3.8) is 0 Å². The molecule has 0 aromatic carbocycles. The van der Waals surface area contributed by atoms with Gasteiger partial charge in [0.2, 0.25) is 0 Å². The van der Waals surface area contributed by atoms with Gasteiger partial charge in [0.05, 0.1) is 11.8 Å². The van der Waals surface area contributed by atoms with Crippen molar-refractivity contribution in [2.24, 2.45) is 0 Å². The maximum absolute atomic E-state index is 11.9. The van der Waals surface area contributed by atoms with E-state index in [1.54, 1.807) is 0 Å². The highest BCUT2D eigenvalue weighted by molar-refractivity contribution is 7.06. The van der Waals surface area contributed by atoms with Gasteiger partial charge >= 0.3 is 5.97 Å². The number of aromatic carboxylic acids is 1. The van der Waals surface area contributed by atoms with Gasteiger partial charge in [-0.2, -0.15) is 4.37 Å². The summed E-state index contributed by atoms with van der Waals surface area (Å²) < 4.78 is 27.2. The Bertz CT molecular complexity index is 273. The fourth-order valence-corrected chi connectivity index (χ4v) is 1.16. The largest absolute Gasteiger partial charge is 0.478 e. The first kappa shape index (κ1) is 8.06. The Morgan fingerprint density at radius 1 is 1.73 bits per heavy atom. The van der Waals surface area contributed by atoms with Crippen LogP contribution in [0.4, 0.5) is 8.78 Å². The van der Waals surface area contributed by atoms with Gasteiger partial charge in [-0.25, -0.2) is 13.6 Å². The second-order valence-corrected chi connectivity index (χ2v) is 2.54. The van der Waals surface area contributed by atoms with E-state index in [-0.39, 0.29) is 0 Å². The summed E-state index contributed by atoms with van der Waals surface area (Å²) in [6, 6.07) is 0. The molecule has 1 aromatic rings. The Morgan fingerprint density at radius 3 is 2.73 bits per heavy atom. The summed E-state index contributed by atoms with van der Waals surface area (Å²) in [5, 5.41) is 8.34. The summed E-state index contributed by atoms with van der Waals surface area (Å²) in [6.07, 6.45) is -1.83. The number of hydrogen-bond acceptors (Lipinski definition) is 3. The summed E-state index contributed by atoms with van der Waals surface area (Å²) in [7, 11) is 0. The maximum Gasteiger partial charge on any atom is 0.338 e. The predicted octanol–water partition coefficient (Wildman–Crippen LogP) is 1.78. The number of halogens is 2. The van der Waals surface area contributed by atoms with Gasteiger partial charge in [-0.05, 0) is 11.5 Å². The van der Waals surface area contributed by atoms with Crippen LogP contribution in [0.1, 0.15) is 21.7 Å². The molecule has 0 aliphatic carbocycles. The fraction of sp³-hybridized carbons (Fsp3) is 0.200. The van der Waals surface area contributed by atoms with Gasteiger partial charge in [0.1, 0.15) is 4.88 Å². The van der Waals surface area contributed by atoms with Crippen molar-refractivity contribution in [1.29, 1.82) is 0 Å². The van der Waals surface area contributed by atoms with Crippen molar-refractivity contribution in [1.82, 2.24) is 4.37 Å². The molecule has 0 saturated heterocycles. The lowest BCUT2D eigenvalue weighted by Crippen LogP contribution is -1.97. The Hall–Kier alpha value is -1.04. The van der Waals surface area contributed by atoms with Crippen LogP contribution in [0.15, 0.2) is 6.20 Å². The smallest absolute Gasteiger partial charge is 0.338 e. The van der Waals surface area contributed by atoms with Crippen molar-refractivity contribution in [2.45, 2.75) is 6.43 Å². The third-order valence-electron chi connectivity index (χ3n) is 1.03. The van der Waals surface area contributed by atoms with E-state index < -0.39 is 22.8 Å². The molecule has 0 fully saturated rings. The van der Waals surface area contributed by atoms with E-state index in [1.807, 2.05) is 0 Å². The predicted molar refractivity (Wildman–Crippen MR) is 34.0 cm³/mol. The van der Waals surface area contributed by atoms with Crippen LogP contribution in [-0.4, -0.2) is 15.4 Å². The first-order valence-corrected chi connectivity index (χ1v) is 3.36. The van der Waals surface area contributed by atoms with Gasteiger partial charge < -0.3 is 5.11 Å². The zero-order chi connectivity index (χ0) is 8.43. The lowest BCUT2D eigenvalue weighted by Gasteiger charge is -1.93. The van der Waals surface area contributed by atoms with E-state index in [0.29, 0.717) is 11.5 Å². The number of rotatable bonds is 2. The minimum Gasteiger partial charge on any atom is -0.478 e. The second-order valence-electron chi connectivity index (χ2n) is 1.71. The molecule has 0 unspecified atom stereocenters. The number of alkyl halides is 2. The van der Waals surface area contributed by atoms with Crippen molar-refractivity contribution in [3.8, 4) is 0 Å². The molecule has 1 rings (SSSR count). The SMILES string of the molecule is O=C(O)c1cnsc1C(F)F. The molecule has 11 heavy (non-hydrogen) atoms. The molecule has 60 valence electrons. The van der Waals surface area contributed by atoms with Crippen LogP contribution < -0.4 is 0 Å². The van der Waals surface area contributed by atoms with E-state index in [9.17, 15) is 13.6 Å². The monoisotopic (exact) mass is 179 g/mol. The fourth-order valence-electron chi connectivity index (χ4n) is 0.567. The molecule has 0 radical (unpaired) electrons. The highest BCUT2D eigenvalue weighted by Crippen LogP contribution is 2.26. The Labute approximate surface area is 64.4 Å². The van der Waals surface area contributed by atoms with Crippen molar-refractivity contribution in [3.05, 3.63) is 16.6 Å². The average Bonchev–Trinajstić information content (AvgIpc) is 2.32. The van der Waals surface area contributed by atoms with Crippen LogP contribution in [0, 0.1) is 0 Å². The van der Waals surface area contributed by atoms with Crippen molar-refractivity contribution < 1.29 is 18.7 Å². The number of carbonyl (C=O) groups is 1. The minimum atomic E-state index is -2.76. The quantitative estimate of drug-likeness (QED) is 0.752. The highest BCUT2D eigenvalue weighted by atomic mass is 32.1. The lowest BCUT2D eigenvalue weighted by atomic mass is 10.3. The number of nitrogens with zero attached hydrogens (tertiary/aromatic N) is 1. The van der Waals surface area contributed by atoms with Gasteiger partial charge in [0.25, 0.3) is 6.43 Å². The number of aromatic nitrogens is 1. The van der Waals surface area contributed by atoms with Crippen molar-refractivity contribution in [2.75, 3.05) is 0 Å². The topological polar surface area (TPSA) is 50.2 Å². The molecular formula is C5H3F2NO2S. The second kappa shape index (κ2) is 2.91. The molecule has 0 aliphatic rings. The third kappa shape index (κ3) is 1.51. The molecule has 1 N–H and O–H groups in total. The van der Waals surface area contributed by atoms with Gasteiger partial charge in [-0.1, -0.05) is 0 Å². The minimum absolute atomic E-state index is 0.412. The molecule has 0 aliphatic heterocycles. The summed E-state index contributed by atoms with van der Waals surface area (Å²) >= 11 is 0.505. The van der Waals surface area contributed by atoms with Crippen LogP contribution in [-0.2, 0) is 0 Å². The molecule has 6 heteroatoms. The highest BCUT2D eigenvalue weighted by Gasteiger charge is 2.20. The van der Waals surface area contributed by atoms with E-state index in [2.05, 4.69) is 4.37 Å². The Morgan fingerprint density at radius 2 is 2.36 bits per heavy atom. The van der Waals surface area contributed by atoms with Crippen molar-refractivity contribution >= 4 is 17.5 Å².